The Labute approximate surface area is 132 Å². The number of rotatable bonds is 1. The molecule has 3 fully saturated rings. The molecule has 1 saturated carbocycles. The first-order valence-electron chi connectivity index (χ1n) is 8.65. The second-order valence-electron chi connectivity index (χ2n) is 7.50. The SMILES string of the molecule is CC=C1CN2CCC34c5ccccc5NC3[C@H](CO)[C@H]1CC24. The van der Waals surface area contributed by atoms with Crippen LogP contribution >= 0.6 is 0 Å². The van der Waals surface area contributed by atoms with Crippen molar-refractivity contribution in [3.05, 3.63) is 41.5 Å². The Kier molecular flexibility index (Phi) is 2.61. The van der Waals surface area contributed by atoms with Crippen molar-refractivity contribution in [1.82, 2.24) is 4.90 Å². The molecule has 3 heterocycles. The molecule has 5 atom stereocenters. The van der Waals surface area contributed by atoms with E-state index in [2.05, 4.69) is 47.5 Å². The summed E-state index contributed by atoms with van der Waals surface area (Å²) in [6, 6.07) is 9.89. The molecule has 3 heteroatoms. The van der Waals surface area contributed by atoms with Crippen molar-refractivity contribution >= 4 is 5.69 Å². The predicted molar refractivity (Wildman–Crippen MR) is 87.9 cm³/mol. The normalized spacial score (nSPS) is 43.8. The molecule has 2 saturated heterocycles. The number of nitrogens with zero attached hydrogens (tertiary/aromatic N) is 1. The van der Waals surface area contributed by atoms with Gasteiger partial charge >= 0.3 is 0 Å². The molecule has 3 unspecified atom stereocenters. The van der Waals surface area contributed by atoms with Gasteiger partial charge in [0, 0.05) is 42.3 Å². The third-order valence-electron chi connectivity index (χ3n) is 7.01. The summed E-state index contributed by atoms with van der Waals surface area (Å²) in [7, 11) is 0. The number of hydrogen-bond donors (Lipinski definition) is 2. The minimum Gasteiger partial charge on any atom is -0.396 e. The van der Waals surface area contributed by atoms with Crippen LogP contribution < -0.4 is 5.32 Å². The summed E-state index contributed by atoms with van der Waals surface area (Å²) in [6.45, 7) is 4.76. The molecule has 5 rings (SSSR count). The fourth-order valence-electron chi connectivity index (χ4n) is 6.13. The second-order valence-corrected chi connectivity index (χ2v) is 7.50. The highest BCUT2D eigenvalue weighted by Crippen LogP contribution is 2.60. The van der Waals surface area contributed by atoms with Crippen LogP contribution in [0.3, 0.4) is 0 Å². The molecule has 0 radical (unpaired) electrons. The lowest BCUT2D eigenvalue weighted by atomic mass is 9.56. The fourth-order valence-corrected chi connectivity index (χ4v) is 6.13. The molecule has 1 aromatic carbocycles. The quantitative estimate of drug-likeness (QED) is 0.781. The minimum atomic E-state index is 0.222. The molecule has 22 heavy (non-hydrogen) atoms. The van der Waals surface area contributed by atoms with Gasteiger partial charge in [-0.1, -0.05) is 29.8 Å². The topological polar surface area (TPSA) is 35.5 Å². The molecule has 2 N–H and O–H groups in total. The van der Waals surface area contributed by atoms with Gasteiger partial charge < -0.3 is 10.4 Å². The lowest BCUT2D eigenvalue weighted by Gasteiger charge is -2.54. The van der Waals surface area contributed by atoms with Crippen LogP contribution in [-0.2, 0) is 5.41 Å². The van der Waals surface area contributed by atoms with Crippen LogP contribution in [0, 0.1) is 11.8 Å². The lowest BCUT2D eigenvalue weighted by molar-refractivity contribution is 0.0298. The molecule has 1 aromatic rings. The number of allylic oxidation sites excluding steroid dienone is 1. The first-order valence-corrected chi connectivity index (χ1v) is 8.65. The van der Waals surface area contributed by atoms with E-state index in [1.807, 2.05) is 0 Å². The molecule has 116 valence electrons. The third-order valence-corrected chi connectivity index (χ3v) is 7.01. The monoisotopic (exact) mass is 296 g/mol. The summed E-state index contributed by atoms with van der Waals surface area (Å²) in [5.41, 5.74) is 4.58. The van der Waals surface area contributed by atoms with Crippen LogP contribution in [0.25, 0.3) is 0 Å². The highest BCUT2D eigenvalue weighted by atomic mass is 16.3. The Morgan fingerprint density at radius 2 is 2.27 bits per heavy atom. The number of aliphatic hydroxyl groups is 1. The zero-order chi connectivity index (χ0) is 14.9. The molecular weight excluding hydrogens is 272 g/mol. The molecule has 1 spiro atoms. The van der Waals surface area contributed by atoms with E-state index in [9.17, 15) is 5.11 Å². The van der Waals surface area contributed by atoms with Gasteiger partial charge in [-0.3, -0.25) is 4.90 Å². The zero-order valence-corrected chi connectivity index (χ0v) is 13.1. The van der Waals surface area contributed by atoms with Gasteiger partial charge in [0.15, 0.2) is 0 Å². The highest BCUT2D eigenvalue weighted by Gasteiger charge is 2.64. The Balaban J connectivity index is 1.71. The molecule has 2 bridgehead atoms. The highest BCUT2D eigenvalue weighted by molar-refractivity contribution is 5.65. The van der Waals surface area contributed by atoms with Crippen molar-refractivity contribution in [3.63, 3.8) is 0 Å². The van der Waals surface area contributed by atoms with E-state index in [-0.39, 0.29) is 5.41 Å². The van der Waals surface area contributed by atoms with E-state index in [1.165, 1.54) is 30.6 Å². The second kappa shape index (κ2) is 4.36. The average Bonchev–Trinajstić information content (AvgIpc) is 3.11. The predicted octanol–water partition coefficient (Wildman–Crippen LogP) is 2.38. The van der Waals surface area contributed by atoms with Crippen molar-refractivity contribution in [1.29, 1.82) is 0 Å². The van der Waals surface area contributed by atoms with E-state index >= 15 is 0 Å². The molecule has 3 nitrogen and oxygen atoms in total. The number of nitrogens with one attached hydrogen (secondary N) is 1. The Morgan fingerprint density at radius 3 is 3.09 bits per heavy atom. The Bertz CT molecular complexity index is 655. The maximum absolute atomic E-state index is 10.2. The largest absolute Gasteiger partial charge is 0.396 e. The van der Waals surface area contributed by atoms with E-state index < -0.39 is 0 Å². The van der Waals surface area contributed by atoms with Crippen molar-refractivity contribution < 1.29 is 5.11 Å². The number of fused-ring (bicyclic) bond motifs is 2. The van der Waals surface area contributed by atoms with Gasteiger partial charge in [-0.25, -0.2) is 0 Å². The van der Waals surface area contributed by atoms with Crippen molar-refractivity contribution in [2.45, 2.75) is 37.3 Å². The first-order chi connectivity index (χ1) is 10.8. The Morgan fingerprint density at radius 1 is 1.41 bits per heavy atom. The van der Waals surface area contributed by atoms with Gasteiger partial charge in [0.25, 0.3) is 0 Å². The van der Waals surface area contributed by atoms with E-state index in [0.717, 1.165) is 6.54 Å². The number of hydrogen-bond acceptors (Lipinski definition) is 3. The third kappa shape index (κ3) is 1.35. The van der Waals surface area contributed by atoms with E-state index in [1.54, 1.807) is 5.57 Å². The summed E-state index contributed by atoms with van der Waals surface area (Å²) < 4.78 is 0. The maximum atomic E-state index is 10.2. The average molecular weight is 296 g/mol. The lowest BCUT2D eigenvalue weighted by Crippen LogP contribution is -2.62. The molecular formula is C19H24N2O. The maximum Gasteiger partial charge on any atom is 0.0484 e. The van der Waals surface area contributed by atoms with Crippen LogP contribution in [0.1, 0.15) is 25.3 Å². The Hall–Kier alpha value is -1.32. The van der Waals surface area contributed by atoms with E-state index in [0.29, 0.717) is 30.5 Å². The van der Waals surface area contributed by atoms with E-state index in [4.69, 9.17) is 0 Å². The zero-order valence-electron chi connectivity index (χ0n) is 13.1. The van der Waals surface area contributed by atoms with Crippen molar-refractivity contribution in [3.8, 4) is 0 Å². The standard InChI is InChI=1S/C19H24N2O/c1-2-12-10-21-8-7-19-15-5-3-4-6-16(15)20-18(19)14(11-22)13(12)9-17(19)21/h2-6,13-14,17-18,20,22H,7-11H2,1H3/t13-,14+,17?,18?,19?/m0/s1. The molecule has 3 aliphatic heterocycles. The number of anilines is 1. The first kappa shape index (κ1) is 13.1. The smallest absolute Gasteiger partial charge is 0.0484 e. The van der Waals surface area contributed by atoms with Gasteiger partial charge in [0.05, 0.1) is 0 Å². The summed E-state index contributed by atoms with van der Waals surface area (Å²) in [5.74, 6) is 0.893. The van der Waals surface area contributed by atoms with Gasteiger partial charge in [-0.2, -0.15) is 0 Å². The molecule has 0 aromatic heterocycles. The van der Waals surface area contributed by atoms with Crippen LogP contribution in [0.4, 0.5) is 5.69 Å². The van der Waals surface area contributed by atoms with Gasteiger partial charge in [-0.15, -0.1) is 0 Å². The minimum absolute atomic E-state index is 0.222. The summed E-state index contributed by atoms with van der Waals surface area (Å²) in [5, 5.41) is 14.0. The fraction of sp³-hybridized carbons (Fsp3) is 0.579. The van der Waals surface area contributed by atoms with Gasteiger partial charge in [0.2, 0.25) is 0 Å². The molecule has 1 aliphatic carbocycles. The van der Waals surface area contributed by atoms with Crippen LogP contribution in [0.2, 0.25) is 0 Å². The molecule has 4 aliphatic rings. The molecule has 0 amide bonds. The summed E-state index contributed by atoms with van der Waals surface area (Å²) >= 11 is 0. The van der Waals surface area contributed by atoms with Crippen LogP contribution in [0.5, 0.6) is 0 Å². The van der Waals surface area contributed by atoms with Gasteiger partial charge in [0.1, 0.15) is 0 Å². The van der Waals surface area contributed by atoms with Crippen molar-refractivity contribution in [2.75, 3.05) is 25.0 Å². The van der Waals surface area contributed by atoms with Gasteiger partial charge in [-0.05, 0) is 43.9 Å². The van der Waals surface area contributed by atoms with Crippen LogP contribution in [0.15, 0.2) is 35.9 Å². The van der Waals surface area contributed by atoms with Crippen molar-refractivity contribution in [2.24, 2.45) is 11.8 Å². The number of aliphatic hydroxyl groups excluding tert-OH is 1. The summed E-state index contributed by atoms with van der Waals surface area (Å²) in [6.07, 6.45) is 4.75. The number of benzene rings is 1. The van der Waals surface area contributed by atoms with Crippen LogP contribution in [-0.4, -0.2) is 41.8 Å². The number of piperidine rings is 1. The summed E-state index contributed by atoms with van der Waals surface area (Å²) in [4.78, 5) is 2.70. The number of para-hydroxylation sites is 1.